The second kappa shape index (κ2) is 9.06. The van der Waals surface area contributed by atoms with E-state index in [9.17, 15) is 19.2 Å². The van der Waals surface area contributed by atoms with Crippen LogP contribution in [0, 0.1) is 17.1 Å². The van der Waals surface area contributed by atoms with Crippen molar-refractivity contribution in [3.05, 3.63) is 88.5 Å². The number of rotatable bonds is 5. The molecule has 0 radical (unpaired) electrons. The van der Waals surface area contributed by atoms with Crippen molar-refractivity contribution < 1.29 is 9.18 Å². The minimum Gasteiger partial charge on any atom is -0.370 e. The average molecular weight is 430 g/mol. The highest BCUT2D eigenvalue weighted by atomic mass is 19.1. The van der Waals surface area contributed by atoms with Crippen molar-refractivity contribution in [2.45, 2.75) is 25.4 Å². The number of amides is 1. The van der Waals surface area contributed by atoms with Gasteiger partial charge in [-0.3, -0.25) is 9.59 Å². The van der Waals surface area contributed by atoms with Crippen LogP contribution in [-0.2, 0) is 11.3 Å². The lowest BCUT2D eigenvalue weighted by atomic mass is 10.0. The predicted octanol–water partition coefficient (Wildman–Crippen LogP) is 3.33. The highest BCUT2D eigenvalue weighted by Crippen LogP contribution is 2.31. The summed E-state index contributed by atoms with van der Waals surface area (Å²) in [5, 5.41) is 13.6. The Hall–Kier alpha value is -3.92. The first kappa shape index (κ1) is 21.3. The summed E-state index contributed by atoms with van der Waals surface area (Å²) in [4.78, 5) is 27.0. The molecule has 1 aliphatic heterocycles. The van der Waals surface area contributed by atoms with Gasteiger partial charge in [0.1, 0.15) is 17.4 Å². The topological polar surface area (TPSA) is 78.1 Å². The molecule has 32 heavy (non-hydrogen) atoms. The third-order valence-corrected chi connectivity index (χ3v) is 5.85. The maximum atomic E-state index is 13.4. The first-order valence-corrected chi connectivity index (χ1v) is 10.5. The molecule has 0 spiro atoms. The fraction of sp³-hybridized carbons (Fsp3) is 0.240. The van der Waals surface area contributed by atoms with Gasteiger partial charge in [0.25, 0.3) is 5.56 Å². The molecule has 0 atom stereocenters. The molecular formula is C25H23FN4O2. The molecule has 162 valence electrons. The van der Waals surface area contributed by atoms with E-state index in [2.05, 4.69) is 22.9 Å². The number of carbonyl (C=O) groups excluding carboxylic acids is 1. The van der Waals surface area contributed by atoms with E-state index in [0.29, 0.717) is 31.6 Å². The van der Waals surface area contributed by atoms with Gasteiger partial charge < -0.3 is 14.8 Å². The van der Waals surface area contributed by atoms with Crippen LogP contribution < -0.4 is 15.8 Å². The number of hydrogen-bond acceptors (Lipinski definition) is 4. The van der Waals surface area contributed by atoms with Crippen LogP contribution in [-0.4, -0.2) is 29.6 Å². The molecule has 0 unspecified atom stereocenters. The van der Waals surface area contributed by atoms with Gasteiger partial charge in [0.2, 0.25) is 5.91 Å². The Kier molecular flexibility index (Phi) is 6.04. The Morgan fingerprint density at radius 2 is 1.88 bits per heavy atom. The first-order valence-electron chi connectivity index (χ1n) is 10.5. The number of para-hydroxylation sites is 1. The third kappa shape index (κ3) is 4.12. The van der Waals surface area contributed by atoms with Crippen molar-refractivity contribution in [1.82, 2.24) is 9.88 Å². The largest absolute Gasteiger partial charge is 0.370 e. The number of anilines is 1. The van der Waals surface area contributed by atoms with Crippen LogP contribution in [0.15, 0.2) is 66.0 Å². The maximum absolute atomic E-state index is 13.4. The quantitative estimate of drug-likeness (QED) is 0.630. The summed E-state index contributed by atoms with van der Waals surface area (Å²) in [6.07, 6.45) is 2.67. The summed E-state index contributed by atoms with van der Waals surface area (Å²) in [7, 11) is 0. The summed E-state index contributed by atoms with van der Waals surface area (Å²) in [6, 6.07) is 15.7. The highest BCUT2D eigenvalue weighted by molar-refractivity contribution is 5.95. The van der Waals surface area contributed by atoms with Gasteiger partial charge in [-0.1, -0.05) is 36.9 Å². The number of nitrogens with one attached hydrogen (secondary N) is 1. The second-order valence-corrected chi connectivity index (χ2v) is 7.84. The van der Waals surface area contributed by atoms with Crippen LogP contribution in [0.4, 0.5) is 10.1 Å². The third-order valence-electron chi connectivity index (χ3n) is 5.85. The van der Waals surface area contributed by atoms with Gasteiger partial charge in [-0.2, -0.15) is 5.26 Å². The Labute approximate surface area is 185 Å². The lowest BCUT2D eigenvalue weighted by molar-refractivity contribution is -0.117. The number of aromatic nitrogens is 1. The van der Waals surface area contributed by atoms with Crippen molar-refractivity contribution >= 4 is 22.5 Å². The van der Waals surface area contributed by atoms with E-state index in [4.69, 9.17) is 0 Å². The molecule has 2 heterocycles. The number of carbonyl (C=O) groups is 1. The Morgan fingerprint density at radius 3 is 2.53 bits per heavy atom. The minimum atomic E-state index is -0.368. The van der Waals surface area contributed by atoms with Crippen LogP contribution in [0.3, 0.4) is 0 Å². The summed E-state index contributed by atoms with van der Waals surface area (Å²) in [5.74, 6) is -0.540. The molecular weight excluding hydrogens is 407 g/mol. The van der Waals surface area contributed by atoms with Gasteiger partial charge in [-0.25, -0.2) is 4.39 Å². The maximum Gasteiger partial charge on any atom is 0.271 e. The van der Waals surface area contributed by atoms with E-state index in [1.165, 1.54) is 18.2 Å². The number of benzene rings is 2. The Balaban J connectivity index is 1.74. The summed E-state index contributed by atoms with van der Waals surface area (Å²) in [5.41, 5.74) is 1.86. The number of nitriles is 1. The summed E-state index contributed by atoms with van der Waals surface area (Å²) >= 11 is 0. The van der Waals surface area contributed by atoms with Gasteiger partial charge in [0.15, 0.2) is 0 Å². The molecule has 1 fully saturated rings. The predicted molar refractivity (Wildman–Crippen MR) is 122 cm³/mol. The van der Waals surface area contributed by atoms with Crippen LogP contribution in [0.2, 0.25) is 0 Å². The zero-order chi connectivity index (χ0) is 22.7. The second-order valence-electron chi connectivity index (χ2n) is 7.84. The van der Waals surface area contributed by atoms with E-state index < -0.39 is 0 Å². The van der Waals surface area contributed by atoms with E-state index in [1.807, 2.05) is 24.3 Å². The fourth-order valence-corrected chi connectivity index (χ4v) is 4.26. The molecule has 1 aromatic heterocycles. The Morgan fingerprint density at radius 1 is 1.19 bits per heavy atom. The molecule has 2 aromatic carbocycles. The van der Waals surface area contributed by atoms with Crippen LogP contribution in [0.1, 0.15) is 24.0 Å². The number of fused-ring (bicyclic) bond motifs is 1. The van der Waals surface area contributed by atoms with Crippen LogP contribution in [0.5, 0.6) is 0 Å². The van der Waals surface area contributed by atoms with Crippen molar-refractivity contribution in [3.63, 3.8) is 0 Å². The van der Waals surface area contributed by atoms with E-state index in [-0.39, 0.29) is 35.4 Å². The molecule has 1 aliphatic rings. The van der Waals surface area contributed by atoms with Crippen molar-refractivity contribution in [3.8, 4) is 6.07 Å². The van der Waals surface area contributed by atoms with Gasteiger partial charge in [-0.15, -0.1) is 0 Å². The van der Waals surface area contributed by atoms with Crippen LogP contribution in [0.25, 0.3) is 10.9 Å². The fourth-order valence-electron chi connectivity index (χ4n) is 4.26. The minimum absolute atomic E-state index is 0.0346. The number of hydrogen-bond donors (Lipinski definition) is 1. The van der Waals surface area contributed by atoms with Gasteiger partial charge >= 0.3 is 0 Å². The highest BCUT2D eigenvalue weighted by Gasteiger charge is 2.26. The van der Waals surface area contributed by atoms with E-state index in [1.54, 1.807) is 16.7 Å². The zero-order valence-electron chi connectivity index (χ0n) is 17.6. The summed E-state index contributed by atoms with van der Waals surface area (Å²) < 4.78 is 14.9. The van der Waals surface area contributed by atoms with Crippen molar-refractivity contribution in [1.29, 1.82) is 5.26 Å². The summed E-state index contributed by atoms with van der Waals surface area (Å²) in [6.45, 7) is 4.95. The standard InChI is InChI=1S/C25H23FN4O2/c1-2-23(31)28-19-11-13-29(14-12-19)24-20-5-3-4-6-22(20)30(25(32)21(24)15-27)16-17-7-9-18(26)10-8-17/h2-10,19H,1,11-14,16H2,(H,28,31). The molecule has 1 saturated heterocycles. The lowest BCUT2D eigenvalue weighted by Gasteiger charge is -2.35. The van der Waals surface area contributed by atoms with Gasteiger partial charge in [0.05, 0.1) is 17.7 Å². The van der Waals surface area contributed by atoms with Crippen LogP contribution >= 0.6 is 0 Å². The van der Waals surface area contributed by atoms with Gasteiger partial charge in [0, 0.05) is 24.5 Å². The first-order chi connectivity index (χ1) is 15.5. The zero-order valence-corrected chi connectivity index (χ0v) is 17.6. The number of halogens is 1. The molecule has 3 aromatic rings. The van der Waals surface area contributed by atoms with E-state index >= 15 is 0 Å². The smallest absolute Gasteiger partial charge is 0.271 e. The average Bonchev–Trinajstić information content (AvgIpc) is 2.82. The molecule has 0 saturated carbocycles. The number of piperidine rings is 1. The molecule has 0 bridgehead atoms. The number of nitrogens with zero attached hydrogens (tertiary/aromatic N) is 3. The number of pyridine rings is 1. The lowest BCUT2D eigenvalue weighted by Crippen LogP contribution is -2.45. The van der Waals surface area contributed by atoms with Crippen molar-refractivity contribution in [2.24, 2.45) is 0 Å². The molecule has 1 amide bonds. The van der Waals surface area contributed by atoms with Gasteiger partial charge in [-0.05, 0) is 42.7 Å². The van der Waals surface area contributed by atoms with Crippen molar-refractivity contribution in [2.75, 3.05) is 18.0 Å². The molecule has 7 heteroatoms. The molecule has 0 aliphatic carbocycles. The van der Waals surface area contributed by atoms with E-state index in [0.717, 1.165) is 16.5 Å². The normalized spacial score (nSPS) is 14.2. The SMILES string of the molecule is C=CC(=O)NC1CCN(c2c(C#N)c(=O)n(Cc3ccc(F)cc3)c3ccccc23)CC1. The molecule has 1 N–H and O–H groups in total. The Bertz CT molecular complexity index is 1270. The monoisotopic (exact) mass is 430 g/mol. The molecule has 6 nitrogen and oxygen atoms in total. The molecule has 4 rings (SSSR count).